The fraction of sp³-hybridized carbons (Fsp3) is 0.964. The van der Waals surface area contributed by atoms with E-state index in [0.29, 0.717) is 12.5 Å². The van der Waals surface area contributed by atoms with Gasteiger partial charge in [-0.3, -0.25) is 4.79 Å². The van der Waals surface area contributed by atoms with Gasteiger partial charge >= 0.3 is 0 Å². The number of hydrogen-bond acceptors (Lipinski definition) is 1. The van der Waals surface area contributed by atoms with Crippen molar-refractivity contribution in [2.45, 2.75) is 149 Å². The summed E-state index contributed by atoms with van der Waals surface area (Å²) in [7, 11) is 2.33. The number of carbonyl (C=O) groups excluding carboxylic acids is 1. The molecule has 0 bridgehead atoms. The van der Waals surface area contributed by atoms with Gasteiger partial charge in [-0.1, -0.05) is 96.8 Å². The molecule has 1 unspecified atom stereocenters. The molecule has 0 aliphatic rings. The Bertz CT molecular complexity index is 392. The highest BCUT2D eigenvalue weighted by Gasteiger charge is 2.16. The first-order valence-corrected chi connectivity index (χ1v) is 14.1. The molecule has 186 valence electrons. The SMILES string of the molecule is CCCCCCCCCCCCCCCCCC(=O)NC(C)CCC[N+](C)(CC)CC. The maximum absolute atomic E-state index is 12.1. The summed E-state index contributed by atoms with van der Waals surface area (Å²) in [5.74, 6) is 0.255. The van der Waals surface area contributed by atoms with E-state index in [-0.39, 0.29) is 5.91 Å². The van der Waals surface area contributed by atoms with Crippen LogP contribution in [0.4, 0.5) is 0 Å². The minimum absolute atomic E-state index is 0.255. The monoisotopic (exact) mass is 439 g/mol. The average molecular weight is 440 g/mol. The Morgan fingerprint density at radius 1 is 0.677 bits per heavy atom. The molecule has 0 saturated heterocycles. The number of nitrogens with zero attached hydrogens (tertiary/aromatic N) is 1. The molecule has 1 N–H and O–H groups in total. The maximum Gasteiger partial charge on any atom is 0.220 e. The third-order valence-electron chi connectivity index (χ3n) is 7.28. The third-order valence-corrected chi connectivity index (χ3v) is 7.28. The lowest BCUT2D eigenvalue weighted by molar-refractivity contribution is -0.906. The molecule has 3 heteroatoms. The van der Waals surface area contributed by atoms with Crippen molar-refractivity contribution < 1.29 is 9.28 Å². The first kappa shape index (κ1) is 30.4. The van der Waals surface area contributed by atoms with Crippen molar-refractivity contribution in [2.24, 2.45) is 0 Å². The summed E-state index contributed by atoms with van der Waals surface area (Å²) in [6, 6.07) is 0.311. The second-order valence-corrected chi connectivity index (χ2v) is 10.3. The zero-order valence-corrected chi connectivity index (χ0v) is 22.3. The van der Waals surface area contributed by atoms with Crippen LogP contribution >= 0.6 is 0 Å². The van der Waals surface area contributed by atoms with Crippen LogP contribution in [0.1, 0.15) is 143 Å². The summed E-state index contributed by atoms with van der Waals surface area (Å²) in [6.45, 7) is 12.6. The van der Waals surface area contributed by atoms with Crippen LogP contribution in [-0.4, -0.2) is 43.1 Å². The van der Waals surface area contributed by atoms with Gasteiger partial charge in [-0.15, -0.1) is 0 Å². The Morgan fingerprint density at radius 3 is 1.52 bits per heavy atom. The lowest BCUT2D eigenvalue weighted by Crippen LogP contribution is -2.44. The molecule has 0 aromatic heterocycles. The van der Waals surface area contributed by atoms with Gasteiger partial charge in [0.25, 0.3) is 0 Å². The molecule has 0 aliphatic heterocycles. The number of amides is 1. The van der Waals surface area contributed by atoms with Crippen molar-refractivity contribution >= 4 is 5.91 Å². The minimum Gasteiger partial charge on any atom is -0.354 e. The van der Waals surface area contributed by atoms with Crippen molar-refractivity contribution in [1.29, 1.82) is 0 Å². The Labute approximate surface area is 196 Å². The van der Waals surface area contributed by atoms with Crippen molar-refractivity contribution in [2.75, 3.05) is 26.7 Å². The Kier molecular flexibility index (Phi) is 20.9. The molecular weight excluding hydrogens is 380 g/mol. The lowest BCUT2D eigenvalue weighted by Gasteiger charge is -2.32. The smallest absolute Gasteiger partial charge is 0.220 e. The quantitative estimate of drug-likeness (QED) is 0.127. The predicted octanol–water partition coefficient (Wildman–Crippen LogP) is 8.02. The van der Waals surface area contributed by atoms with Crippen LogP contribution in [0.2, 0.25) is 0 Å². The molecule has 0 spiro atoms. The number of quaternary nitrogens is 1. The van der Waals surface area contributed by atoms with E-state index in [9.17, 15) is 4.79 Å². The fourth-order valence-corrected chi connectivity index (χ4v) is 4.40. The summed E-state index contributed by atoms with van der Waals surface area (Å²) >= 11 is 0. The average Bonchev–Trinajstić information content (AvgIpc) is 2.76. The van der Waals surface area contributed by atoms with Gasteiger partial charge in [-0.05, 0) is 40.0 Å². The van der Waals surface area contributed by atoms with E-state index in [1.165, 1.54) is 116 Å². The molecule has 31 heavy (non-hydrogen) atoms. The van der Waals surface area contributed by atoms with Gasteiger partial charge in [0.2, 0.25) is 5.91 Å². The number of unbranched alkanes of at least 4 members (excludes halogenated alkanes) is 14. The van der Waals surface area contributed by atoms with Crippen LogP contribution in [0.25, 0.3) is 0 Å². The second-order valence-electron chi connectivity index (χ2n) is 10.3. The third kappa shape index (κ3) is 19.8. The predicted molar refractivity (Wildman–Crippen MR) is 139 cm³/mol. The van der Waals surface area contributed by atoms with Gasteiger partial charge in [-0.2, -0.15) is 0 Å². The molecule has 3 nitrogen and oxygen atoms in total. The second kappa shape index (κ2) is 21.3. The van der Waals surface area contributed by atoms with Gasteiger partial charge in [-0.25, -0.2) is 0 Å². The lowest BCUT2D eigenvalue weighted by atomic mass is 10.0. The highest BCUT2D eigenvalue weighted by Crippen LogP contribution is 2.14. The van der Waals surface area contributed by atoms with Crippen LogP contribution in [0, 0.1) is 0 Å². The number of nitrogens with one attached hydrogen (secondary N) is 1. The van der Waals surface area contributed by atoms with Crippen LogP contribution in [0.5, 0.6) is 0 Å². The molecular formula is C28H59N2O+. The highest BCUT2D eigenvalue weighted by atomic mass is 16.1. The topological polar surface area (TPSA) is 29.1 Å². The van der Waals surface area contributed by atoms with Crippen molar-refractivity contribution in [3.63, 3.8) is 0 Å². The van der Waals surface area contributed by atoms with E-state index in [4.69, 9.17) is 0 Å². The van der Waals surface area contributed by atoms with Crippen LogP contribution in [0.15, 0.2) is 0 Å². The van der Waals surface area contributed by atoms with Gasteiger partial charge < -0.3 is 9.80 Å². The van der Waals surface area contributed by atoms with Crippen LogP contribution in [-0.2, 0) is 4.79 Å². The first-order chi connectivity index (χ1) is 15.0. The molecule has 0 heterocycles. The largest absolute Gasteiger partial charge is 0.354 e. The Hall–Kier alpha value is -0.570. The number of hydrogen-bond donors (Lipinski definition) is 1. The van der Waals surface area contributed by atoms with Crippen molar-refractivity contribution in [3.8, 4) is 0 Å². The highest BCUT2D eigenvalue weighted by molar-refractivity contribution is 5.76. The van der Waals surface area contributed by atoms with E-state index in [0.717, 1.165) is 17.3 Å². The van der Waals surface area contributed by atoms with E-state index in [1.54, 1.807) is 0 Å². The molecule has 0 fully saturated rings. The maximum atomic E-state index is 12.1. The van der Waals surface area contributed by atoms with E-state index >= 15 is 0 Å². The van der Waals surface area contributed by atoms with Gasteiger partial charge in [0.15, 0.2) is 0 Å². The molecule has 1 amide bonds. The minimum atomic E-state index is 0.255. The molecule has 0 aromatic carbocycles. The van der Waals surface area contributed by atoms with Crippen molar-refractivity contribution in [3.05, 3.63) is 0 Å². The first-order valence-electron chi connectivity index (χ1n) is 14.1. The van der Waals surface area contributed by atoms with Crippen molar-refractivity contribution in [1.82, 2.24) is 5.32 Å². The molecule has 1 atom stereocenters. The van der Waals surface area contributed by atoms with E-state index in [1.807, 2.05) is 0 Å². The zero-order chi connectivity index (χ0) is 23.2. The molecule has 0 rings (SSSR count). The fourth-order valence-electron chi connectivity index (χ4n) is 4.40. The van der Waals surface area contributed by atoms with Crippen LogP contribution < -0.4 is 5.32 Å². The van der Waals surface area contributed by atoms with E-state index in [2.05, 4.69) is 40.1 Å². The summed E-state index contributed by atoms with van der Waals surface area (Å²) in [6.07, 6.45) is 23.5. The van der Waals surface area contributed by atoms with E-state index < -0.39 is 0 Å². The summed E-state index contributed by atoms with van der Waals surface area (Å²) < 4.78 is 1.14. The molecule has 0 aliphatic carbocycles. The summed E-state index contributed by atoms with van der Waals surface area (Å²) in [5, 5.41) is 3.21. The Morgan fingerprint density at radius 2 is 1.10 bits per heavy atom. The molecule has 0 saturated carbocycles. The van der Waals surface area contributed by atoms with Gasteiger partial charge in [0.05, 0.1) is 26.7 Å². The molecule has 0 aromatic rings. The zero-order valence-electron chi connectivity index (χ0n) is 22.3. The van der Waals surface area contributed by atoms with Gasteiger partial charge in [0, 0.05) is 12.5 Å². The summed E-state index contributed by atoms with van der Waals surface area (Å²) in [5.41, 5.74) is 0. The summed E-state index contributed by atoms with van der Waals surface area (Å²) in [4.78, 5) is 12.1. The van der Waals surface area contributed by atoms with Crippen LogP contribution in [0.3, 0.4) is 0 Å². The normalized spacial score (nSPS) is 12.8. The number of carbonyl (C=O) groups is 1. The Balaban J connectivity index is 3.40. The number of rotatable bonds is 23. The molecule has 0 radical (unpaired) electrons. The standard InChI is InChI=1S/C28H58N2O/c1-6-9-10-11-12-13-14-15-16-17-18-19-20-21-22-25-28(31)29-27(4)24-23-26-30(5,7-2)8-3/h27H,6-26H2,1-5H3/p+1. The van der Waals surface area contributed by atoms with Gasteiger partial charge in [0.1, 0.15) is 0 Å².